The summed E-state index contributed by atoms with van der Waals surface area (Å²) >= 11 is 0. The van der Waals surface area contributed by atoms with Gasteiger partial charge in [-0.3, -0.25) is 4.79 Å². The van der Waals surface area contributed by atoms with E-state index in [1.54, 1.807) is 4.90 Å². The van der Waals surface area contributed by atoms with Gasteiger partial charge in [0.25, 0.3) is 0 Å². The molecule has 0 N–H and O–H groups in total. The number of alkyl halides is 3. The molecule has 1 amide bonds. The summed E-state index contributed by atoms with van der Waals surface area (Å²) in [6.07, 6.45) is 3.49. The molecule has 0 radical (unpaired) electrons. The Morgan fingerprint density at radius 1 is 1.27 bits per heavy atom. The van der Waals surface area contributed by atoms with E-state index in [-0.39, 0.29) is 16.0 Å². The first kappa shape index (κ1) is 15.3. The summed E-state index contributed by atoms with van der Waals surface area (Å²) in [6.45, 7) is 0.647. The van der Waals surface area contributed by atoms with Gasteiger partial charge in [0.2, 0.25) is 5.91 Å². The molecule has 1 aromatic heterocycles. The lowest BCUT2D eigenvalue weighted by atomic mass is 9.92. The van der Waals surface area contributed by atoms with E-state index in [1.807, 2.05) is 0 Å². The van der Waals surface area contributed by atoms with Gasteiger partial charge in [-0.1, -0.05) is 0 Å². The van der Waals surface area contributed by atoms with E-state index in [1.165, 1.54) is 0 Å². The summed E-state index contributed by atoms with van der Waals surface area (Å²) in [5.74, 6) is 0.0451. The van der Waals surface area contributed by atoms with Crippen LogP contribution in [-0.4, -0.2) is 46.5 Å². The summed E-state index contributed by atoms with van der Waals surface area (Å²) in [4.78, 5) is 13.5. The Morgan fingerprint density at radius 3 is 2.59 bits per heavy atom. The Morgan fingerprint density at radius 2 is 2.00 bits per heavy atom. The van der Waals surface area contributed by atoms with Crippen molar-refractivity contribution in [2.24, 2.45) is 0 Å². The largest absolute Gasteiger partial charge is 0.518 e. The van der Waals surface area contributed by atoms with Crippen molar-refractivity contribution in [3.63, 3.8) is 0 Å². The molecule has 1 unspecified atom stereocenters. The highest BCUT2D eigenvalue weighted by molar-refractivity contribution is 7.90. The summed E-state index contributed by atoms with van der Waals surface area (Å²) in [5, 5.41) is 3.57. The van der Waals surface area contributed by atoms with Crippen molar-refractivity contribution < 1.29 is 26.4 Å². The Kier molecular flexibility index (Phi) is 3.46. The average molecular weight is 337 g/mol. The second-order valence-electron chi connectivity index (χ2n) is 5.51. The molecule has 1 saturated heterocycles. The minimum absolute atomic E-state index is 0.00580. The summed E-state index contributed by atoms with van der Waals surface area (Å²) in [6, 6.07) is -0.0891. The zero-order chi connectivity index (χ0) is 16.1. The lowest BCUT2D eigenvalue weighted by Gasteiger charge is -2.30. The van der Waals surface area contributed by atoms with Gasteiger partial charge < -0.3 is 4.90 Å². The van der Waals surface area contributed by atoms with Crippen LogP contribution in [0.5, 0.6) is 0 Å². The fraction of sp³-hybridized carbons (Fsp3) is 0.667. The SMILES string of the molecule is O=C1CCCN1C1CCc2nn(S(=O)(=O)C(F)(F)F)cc2C1. The van der Waals surface area contributed by atoms with Crippen LogP contribution in [0.4, 0.5) is 13.2 Å². The first-order valence-corrected chi connectivity index (χ1v) is 8.33. The van der Waals surface area contributed by atoms with Crippen LogP contribution in [0.2, 0.25) is 0 Å². The quantitative estimate of drug-likeness (QED) is 0.809. The van der Waals surface area contributed by atoms with Gasteiger partial charge in [-0.15, -0.1) is 0 Å². The number of carbonyl (C=O) groups is 1. The number of nitrogens with zero attached hydrogens (tertiary/aromatic N) is 3. The van der Waals surface area contributed by atoms with E-state index in [9.17, 15) is 26.4 Å². The second kappa shape index (κ2) is 4.97. The predicted octanol–water partition coefficient (Wildman–Crippen LogP) is 1.06. The molecule has 1 atom stereocenters. The van der Waals surface area contributed by atoms with Gasteiger partial charge in [-0.2, -0.15) is 30.8 Å². The van der Waals surface area contributed by atoms with Gasteiger partial charge in [-0.25, -0.2) is 0 Å². The fourth-order valence-corrected chi connectivity index (χ4v) is 3.69. The number of fused-ring (bicyclic) bond motifs is 1. The Bertz CT molecular complexity index is 711. The van der Waals surface area contributed by atoms with E-state index in [0.29, 0.717) is 43.5 Å². The van der Waals surface area contributed by atoms with Crippen LogP contribution < -0.4 is 0 Å². The number of aromatic nitrogens is 2. The zero-order valence-electron chi connectivity index (χ0n) is 11.5. The van der Waals surface area contributed by atoms with Gasteiger partial charge >= 0.3 is 15.5 Å². The fourth-order valence-electron chi connectivity index (χ4n) is 3.01. The molecule has 22 heavy (non-hydrogen) atoms. The van der Waals surface area contributed by atoms with Crippen LogP contribution in [0.3, 0.4) is 0 Å². The topological polar surface area (TPSA) is 72.3 Å². The van der Waals surface area contributed by atoms with E-state index in [0.717, 1.165) is 12.6 Å². The second-order valence-corrected chi connectivity index (χ2v) is 7.30. The predicted molar refractivity (Wildman–Crippen MR) is 69.4 cm³/mol. The molecule has 1 aromatic rings. The van der Waals surface area contributed by atoms with Gasteiger partial charge in [-0.05, 0) is 31.2 Å². The monoisotopic (exact) mass is 337 g/mol. The van der Waals surface area contributed by atoms with E-state index < -0.39 is 15.5 Å². The highest BCUT2D eigenvalue weighted by Gasteiger charge is 2.48. The molecule has 122 valence electrons. The standard InChI is InChI=1S/C12H14F3N3O3S/c13-12(14,15)22(20,21)18-7-8-6-9(3-4-10(8)16-18)17-5-1-2-11(17)19/h7,9H,1-6H2. The molecule has 1 fully saturated rings. The number of amides is 1. The lowest BCUT2D eigenvalue weighted by Crippen LogP contribution is -2.39. The molecule has 0 spiro atoms. The third kappa shape index (κ3) is 2.38. The van der Waals surface area contributed by atoms with E-state index in [2.05, 4.69) is 5.10 Å². The summed E-state index contributed by atoms with van der Waals surface area (Å²) < 4.78 is 60.4. The minimum atomic E-state index is -5.49. The smallest absolute Gasteiger partial charge is 0.339 e. The van der Waals surface area contributed by atoms with Crippen LogP contribution in [0, 0.1) is 0 Å². The Hall–Kier alpha value is -1.58. The number of aryl methyl sites for hydroxylation is 1. The molecule has 1 aliphatic heterocycles. The normalized spacial score (nSPS) is 23.0. The molecule has 0 bridgehead atoms. The number of likely N-dealkylation sites (tertiary alicyclic amines) is 1. The minimum Gasteiger partial charge on any atom is -0.339 e. The highest BCUT2D eigenvalue weighted by Crippen LogP contribution is 2.30. The molecule has 2 heterocycles. The van der Waals surface area contributed by atoms with E-state index in [4.69, 9.17) is 0 Å². The number of hydrogen-bond donors (Lipinski definition) is 0. The van der Waals surface area contributed by atoms with Crippen molar-refractivity contribution in [3.8, 4) is 0 Å². The van der Waals surface area contributed by atoms with Crippen molar-refractivity contribution >= 4 is 15.9 Å². The first-order valence-electron chi connectivity index (χ1n) is 6.89. The third-order valence-corrected chi connectivity index (χ3v) is 5.38. The molecule has 0 aromatic carbocycles. The molecule has 3 rings (SSSR count). The van der Waals surface area contributed by atoms with Crippen LogP contribution in [0.15, 0.2) is 6.20 Å². The summed E-state index contributed by atoms with van der Waals surface area (Å²) in [5.41, 5.74) is -4.56. The number of halogens is 3. The van der Waals surface area contributed by atoms with Gasteiger partial charge in [0, 0.05) is 25.2 Å². The van der Waals surface area contributed by atoms with Crippen molar-refractivity contribution in [2.45, 2.75) is 43.7 Å². The maximum absolute atomic E-state index is 12.6. The molecular weight excluding hydrogens is 323 g/mol. The molecule has 2 aliphatic rings. The number of rotatable bonds is 2. The number of hydrogen-bond acceptors (Lipinski definition) is 4. The van der Waals surface area contributed by atoms with Crippen LogP contribution in [0.25, 0.3) is 0 Å². The molecule has 6 nitrogen and oxygen atoms in total. The molecule has 0 saturated carbocycles. The van der Waals surface area contributed by atoms with Gasteiger partial charge in [0.05, 0.1) is 5.69 Å². The maximum atomic E-state index is 12.6. The van der Waals surface area contributed by atoms with Crippen molar-refractivity contribution in [3.05, 3.63) is 17.5 Å². The van der Waals surface area contributed by atoms with Crippen LogP contribution >= 0.6 is 0 Å². The summed E-state index contributed by atoms with van der Waals surface area (Å²) in [7, 11) is -5.49. The molecular formula is C12H14F3N3O3S. The van der Waals surface area contributed by atoms with Crippen molar-refractivity contribution in [1.29, 1.82) is 0 Å². The number of carbonyl (C=O) groups excluding carboxylic acids is 1. The maximum Gasteiger partial charge on any atom is 0.518 e. The third-order valence-electron chi connectivity index (χ3n) is 4.12. The van der Waals surface area contributed by atoms with Crippen LogP contribution in [0.1, 0.15) is 30.5 Å². The lowest BCUT2D eigenvalue weighted by molar-refractivity contribution is -0.129. The molecule has 1 aliphatic carbocycles. The molecule has 10 heteroatoms. The van der Waals surface area contributed by atoms with Gasteiger partial charge in [0.15, 0.2) is 0 Å². The van der Waals surface area contributed by atoms with Crippen molar-refractivity contribution in [1.82, 2.24) is 14.1 Å². The van der Waals surface area contributed by atoms with Crippen molar-refractivity contribution in [2.75, 3.05) is 6.54 Å². The highest BCUT2D eigenvalue weighted by atomic mass is 32.2. The Balaban J connectivity index is 1.86. The average Bonchev–Trinajstić information content (AvgIpc) is 3.02. The van der Waals surface area contributed by atoms with Crippen LogP contribution in [-0.2, 0) is 27.7 Å². The van der Waals surface area contributed by atoms with E-state index >= 15 is 0 Å². The Labute approximate surface area is 124 Å². The zero-order valence-corrected chi connectivity index (χ0v) is 12.3. The first-order chi connectivity index (χ1) is 10.2. The van der Waals surface area contributed by atoms with Gasteiger partial charge in [0.1, 0.15) is 0 Å².